The first kappa shape index (κ1) is 22.8. The zero-order chi connectivity index (χ0) is 23.1. The summed E-state index contributed by atoms with van der Waals surface area (Å²) in [5.41, 5.74) is 4.23. The number of rotatable bonds is 7. The van der Waals surface area contributed by atoms with Crippen LogP contribution in [0.2, 0.25) is 0 Å². The molecule has 6 nitrogen and oxygen atoms in total. The third kappa shape index (κ3) is 6.07. The second-order valence-corrected chi connectivity index (χ2v) is 7.57. The van der Waals surface area contributed by atoms with E-state index in [0.717, 1.165) is 17.5 Å². The van der Waals surface area contributed by atoms with Crippen molar-refractivity contribution in [1.82, 2.24) is 5.32 Å². The average Bonchev–Trinajstić information content (AvgIpc) is 2.78. The van der Waals surface area contributed by atoms with Gasteiger partial charge in [0.25, 0.3) is 5.91 Å². The summed E-state index contributed by atoms with van der Waals surface area (Å²) in [6.45, 7) is 2.31. The van der Waals surface area contributed by atoms with Crippen LogP contribution in [0.5, 0.6) is 0 Å². The molecule has 7 heteroatoms. The zero-order valence-electron chi connectivity index (χ0n) is 18.4. The zero-order valence-corrected chi connectivity index (χ0v) is 18.4. The number of nitrogens with one attached hydrogen (secondary N) is 3. The maximum atomic E-state index is 13.1. The lowest BCUT2D eigenvalue weighted by molar-refractivity contribution is 0.0951. The van der Waals surface area contributed by atoms with Crippen LogP contribution in [0.3, 0.4) is 0 Å². The number of hydrogen-bond donors (Lipinski definition) is 3. The molecule has 0 spiro atoms. The van der Waals surface area contributed by atoms with E-state index in [1.165, 1.54) is 12.1 Å². The van der Waals surface area contributed by atoms with E-state index in [1.807, 2.05) is 50.2 Å². The van der Waals surface area contributed by atoms with Crippen molar-refractivity contribution in [2.24, 2.45) is 0 Å². The van der Waals surface area contributed by atoms with E-state index >= 15 is 0 Å². The Morgan fingerprint density at radius 3 is 2.22 bits per heavy atom. The highest BCUT2D eigenvalue weighted by atomic mass is 19.1. The minimum atomic E-state index is -0.395. The second kappa shape index (κ2) is 10.4. The van der Waals surface area contributed by atoms with Gasteiger partial charge < -0.3 is 20.9 Å². The number of carbonyl (C=O) groups is 2. The maximum Gasteiger partial charge on any atom is 0.323 e. The van der Waals surface area contributed by atoms with Crippen LogP contribution in [0.25, 0.3) is 0 Å². The van der Waals surface area contributed by atoms with E-state index in [1.54, 1.807) is 30.3 Å². The molecular formula is C25H27FN4O2. The highest BCUT2D eigenvalue weighted by Crippen LogP contribution is 2.23. The molecule has 0 radical (unpaired) electrons. The van der Waals surface area contributed by atoms with E-state index in [0.29, 0.717) is 22.6 Å². The lowest BCUT2D eigenvalue weighted by atomic mass is 10.1. The Bertz CT molecular complexity index is 1100. The molecular weight excluding hydrogens is 407 g/mol. The van der Waals surface area contributed by atoms with Crippen molar-refractivity contribution >= 4 is 29.0 Å². The maximum absolute atomic E-state index is 13.1. The van der Waals surface area contributed by atoms with Crippen LogP contribution in [-0.4, -0.2) is 26.0 Å². The van der Waals surface area contributed by atoms with Gasteiger partial charge >= 0.3 is 6.03 Å². The van der Waals surface area contributed by atoms with E-state index in [2.05, 4.69) is 16.0 Å². The average molecular weight is 435 g/mol. The lowest BCUT2D eigenvalue weighted by Gasteiger charge is -2.19. The Morgan fingerprint density at radius 1 is 0.875 bits per heavy atom. The molecule has 0 unspecified atom stereocenters. The van der Waals surface area contributed by atoms with E-state index < -0.39 is 6.03 Å². The summed E-state index contributed by atoms with van der Waals surface area (Å²) in [6.07, 6.45) is 0.875. The number of amides is 3. The summed E-state index contributed by atoms with van der Waals surface area (Å²) >= 11 is 0. The Hall–Kier alpha value is -3.87. The Morgan fingerprint density at radius 2 is 1.56 bits per heavy atom. The number of hydrogen-bond acceptors (Lipinski definition) is 3. The fourth-order valence-corrected chi connectivity index (χ4v) is 3.23. The molecule has 0 aromatic heterocycles. The van der Waals surface area contributed by atoms with Gasteiger partial charge in [-0.05, 0) is 60.0 Å². The van der Waals surface area contributed by atoms with Crippen LogP contribution in [0.15, 0.2) is 66.7 Å². The van der Waals surface area contributed by atoms with Crippen molar-refractivity contribution < 1.29 is 14.0 Å². The Balaban J connectivity index is 1.72. The monoisotopic (exact) mass is 434 g/mol. The first-order chi connectivity index (χ1) is 15.4. The van der Waals surface area contributed by atoms with Crippen LogP contribution in [0.1, 0.15) is 28.4 Å². The van der Waals surface area contributed by atoms with Gasteiger partial charge in [-0.25, -0.2) is 9.18 Å². The topological polar surface area (TPSA) is 73.5 Å². The van der Waals surface area contributed by atoms with Gasteiger partial charge in [0.2, 0.25) is 0 Å². The van der Waals surface area contributed by atoms with Crippen molar-refractivity contribution in [3.63, 3.8) is 0 Å². The van der Waals surface area contributed by atoms with Gasteiger partial charge in [-0.2, -0.15) is 0 Å². The molecule has 0 heterocycles. The summed E-state index contributed by atoms with van der Waals surface area (Å²) in [7, 11) is 3.68. The molecule has 3 amide bonds. The number of carbonyl (C=O) groups excluding carboxylic acids is 2. The van der Waals surface area contributed by atoms with E-state index in [4.69, 9.17) is 0 Å². The van der Waals surface area contributed by atoms with Gasteiger partial charge in [-0.3, -0.25) is 4.79 Å². The van der Waals surface area contributed by atoms with Crippen molar-refractivity contribution in [3.8, 4) is 0 Å². The predicted molar refractivity (Wildman–Crippen MR) is 127 cm³/mol. The number of benzene rings is 3. The summed E-state index contributed by atoms with van der Waals surface area (Å²) < 4.78 is 13.1. The summed E-state index contributed by atoms with van der Waals surface area (Å²) in [5, 5.41) is 8.44. The highest BCUT2D eigenvalue weighted by molar-refractivity contribution is 6.04. The van der Waals surface area contributed by atoms with Crippen LogP contribution in [0, 0.1) is 5.82 Å². The molecule has 0 saturated carbocycles. The largest absolute Gasteiger partial charge is 0.377 e. The number of nitrogens with zero attached hydrogens (tertiary/aromatic N) is 1. The lowest BCUT2D eigenvalue weighted by Crippen LogP contribution is -2.26. The molecule has 0 bridgehead atoms. The fraction of sp³-hybridized carbons (Fsp3) is 0.200. The van der Waals surface area contributed by atoms with Gasteiger partial charge in [0.15, 0.2) is 0 Å². The number of aryl methyl sites for hydroxylation is 1. The molecule has 3 N–H and O–H groups in total. The third-order valence-electron chi connectivity index (χ3n) is 4.94. The third-order valence-corrected chi connectivity index (χ3v) is 4.94. The Labute approximate surface area is 187 Å². The minimum absolute atomic E-state index is 0.262. The van der Waals surface area contributed by atoms with Crippen LogP contribution in [-0.2, 0) is 13.0 Å². The standard InChI is InChI=1S/C25H27FN4O2/c1-4-17-6-5-7-20(14-17)28-25(32)29-21-12-13-23(30(2)3)22(15-21)24(31)27-16-18-8-10-19(26)11-9-18/h5-15H,4,16H2,1-3H3,(H,27,31)(H2,28,29,32). The quantitative estimate of drug-likeness (QED) is 0.488. The second-order valence-electron chi connectivity index (χ2n) is 7.57. The molecule has 0 atom stereocenters. The van der Waals surface area contributed by atoms with Gasteiger partial charge in [-0.15, -0.1) is 0 Å². The molecule has 3 rings (SSSR count). The van der Waals surface area contributed by atoms with Crippen LogP contribution in [0.4, 0.5) is 26.2 Å². The van der Waals surface area contributed by atoms with Gasteiger partial charge in [-0.1, -0.05) is 31.2 Å². The summed E-state index contributed by atoms with van der Waals surface area (Å²) in [5.74, 6) is -0.619. The first-order valence-corrected chi connectivity index (χ1v) is 10.4. The van der Waals surface area contributed by atoms with E-state index in [-0.39, 0.29) is 18.3 Å². The molecule has 0 fully saturated rings. The molecule has 0 aliphatic rings. The molecule has 0 saturated heterocycles. The smallest absolute Gasteiger partial charge is 0.323 e. The first-order valence-electron chi connectivity index (χ1n) is 10.4. The number of urea groups is 1. The van der Waals surface area contributed by atoms with Crippen molar-refractivity contribution in [3.05, 3.63) is 89.2 Å². The molecule has 166 valence electrons. The predicted octanol–water partition coefficient (Wildman–Crippen LogP) is 5.03. The molecule has 0 aliphatic carbocycles. The molecule has 32 heavy (non-hydrogen) atoms. The van der Waals surface area contributed by atoms with Gasteiger partial charge in [0.1, 0.15) is 5.82 Å². The summed E-state index contributed by atoms with van der Waals surface area (Å²) in [6, 6.07) is 18.4. The van der Waals surface area contributed by atoms with Gasteiger partial charge in [0, 0.05) is 37.7 Å². The summed E-state index contributed by atoms with van der Waals surface area (Å²) in [4.78, 5) is 27.2. The molecule has 3 aromatic rings. The van der Waals surface area contributed by atoms with Gasteiger partial charge in [0.05, 0.1) is 5.56 Å². The number of halogens is 1. The SMILES string of the molecule is CCc1cccc(NC(=O)Nc2ccc(N(C)C)c(C(=O)NCc3ccc(F)cc3)c2)c1. The number of anilines is 3. The molecule has 3 aromatic carbocycles. The van der Waals surface area contributed by atoms with Crippen molar-refractivity contribution in [1.29, 1.82) is 0 Å². The van der Waals surface area contributed by atoms with Crippen LogP contribution < -0.4 is 20.9 Å². The van der Waals surface area contributed by atoms with Crippen LogP contribution >= 0.6 is 0 Å². The minimum Gasteiger partial charge on any atom is -0.377 e. The van der Waals surface area contributed by atoms with Crippen molar-refractivity contribution in [2.45, 2.75) is 19.9 Å². The molecule has 0 aliphatic heterocycles. The Kier molecular flexibility index (Phi) is 7.44. The highest BCUT2D eigenvalue weighted by Gasteiger charge is 2.15. The van der Waals surface area contributed by atoms with Crippen molar-refractivity contribution in [2.75, 3.05) is 29.6 Å². The van der Waals surface area contributed by atoms with E-state index in [9.17, 15) is 14.0 Å². The fourth-order valence-electron chi connectivity index (χ4n) is 3.23. The normalized spacial score (nSPS) is 10.4.